The van der Waals surface area contributed by atoms with Crippen LogP contribution in [0.15, 0.2) is 48.7 Å². The lowest BCUT2D eigenvalue weighted by Crippen LogP contribution is -2.47. The highest BCUT2D eigenvalue weighted by molar-refractivity contribution is 5.92. The van der Waals surface area contributed by atoms with Crippen molar-refractivity contribution in [3.8, 4) is 11.1 Å². The maximum atomic E-state index is 15.1. The number of benzene rings is 2. The van der Waals surface area contributed by atoms with E-state index in [0.29, 0.717) is 38.3 Å². The number of pyridine rings is 1. The number of aromatic nitrogens is 3. The molecule has 2 aromatic heterocycles. The average Bonchev–Trinajstić information content (AvgIpc) is 3.54. The Morgan fingerprint density at radius 3 is 2.49 bits per heavy atom. The Labute approximate surface area is 287 Å². The first-order valence-corrected chi connectivity index (χ1v) is 17.4. The first-order chi connectivity index (χ1) is 23.8. The predicted octanol–water partition coefficient (Wildman–Crippen LogP) is 5.07. The van der Waals surface area contributed by atoms with Gasteiger partial charge in [0, 0.05) is 95.4 Å². The number of anilines is 1. The molecule has 0 aliphatic carbocycles. The van der Waals surface area contributed by atoms with Crippen LogP contribution in [0.5, 0.6) is 0 Å². The second-order valence-electron chi connectivity index (χ2n) is 12.8. The highest BCUT2D eigenvalue weighted by atomic mass is 19.1. The van der Waals surface area contributed by atoms with Crippen molar-refractivity contribution >= 4 is 28.7 Å². The molecule has 6 rings (SSSR count). The van der Waals surface area contributed by atoms with Gasteiger partial charge in [0.05, 0.1) is 17.3 Å². The molecule has 0 saturated carbocycles. The van der Waals surface area contributed by atoms with Gasteiger partial charge in [0.25, 0.3) is 0 Å². The highest BCUT2D eigenvalue weighted by Crippen LogP contribution is 2.31. The lowest BCUT2D eigenvalue weighted by Gasteiger charge is -2.34. The fourth-order valence-electron chi connectivity index (χ4n) is 6.73. The van der Waals surface area contributed by atoms with E-state index in [1.807, 2.05) is 47.0 Å². The number of fused-ring (bicyclic) bond motifs is 1. The Kier molecular flexibility index (Phi) is 11.0. The normalized spacial score (nSPS) is 15.8. The summed E-state index contributed by atoms with van der Waals surface area (Å²) in [6.45, 7) is 12.2. The Hall–Kier alpha value is -4.55. The third-order valence-corrected chi connectivity index (χ3v) is 9.55. The SMILES string of the molecule is CCc1nc2c(cnn2CC)c(NC2CCOCC2)c1CNC(=O)NCc1ccc(F)c(-c2cccc(CN3CCN(C(C)=O)CC3)c2)c1. The summed E-state index contributed by atoms with van der Waals surface area (Å²) in [6.07, 6.45) is 4.38. The zero-order chi connectivity index (χ0) is 34.3. The molecule has 0 unspecified atom stereocenters. The number of piperazine rings is 1. The van der Waals surface area contributed by atoms with Crippen molar-refractivity contribution in [1.29, 1.82) is 0 Å². The third kappa shape index (κ3) is 8.19. The van der Waals surface area contributed by atoms with E-state index in [9.17, 15) is 9.59 Å². The molecule has 12 heteroatoms. The molecule has 0 bridgehead atoms. The second-order valence-corrected chi connectivity index (χ2v) is 12.8. The molecular formula is C37H47FN8O3. The minimum atomic E-state index is -0.318. The van der Waals surface area contributed by atoms with Gasteiger partial charge in [-0.15, -0.1) is 0 Å². The summed E-state index contributed by atoms with van der Waals surface area (Å²) in [5, 5.41) is 15.2. The molecule has 11 nitrogen and oxygen atoms in total. The molecule has 2 aliphatic rings. The van der Waals surface area contributed by atoms with Crippen LogP contribution in [0, 0.1) is 5.82 Å². The molecule has 2 aliphatic heterocycles. The van der Waals surface area contributed by atoms with E-state index >= 15 is 4.39 Å². The average molecular weight is 671 g/mol. The molecular weight excluding hydrogens is 623 g/mol. The van der Waals surface area contributed by atoms with Crippen molar-refractivity contribution in [2.45, 2.75) is 72.3 Å². The van der Waals surface area contributed by atoms with Gasteiger partial charge in [0.15, 0.2) is 5.65 Å². The van der Waals surface area contributed by atoms with Crippen LogP contribution in [0.2, 0.25) is 0 Å². The van der Waals surface area contributed by atoms with Crippen LogP contribution in [0.4, 0.5) is 14.9 Å². The maximum Gasteiger partial charge on any atom is 0.315 e. The fourth-order valence-corrected chi connectivity index (χ4v) is 6.73. The van der Waals surface area contributed by atoms with Crippen LogP contribution in [0.3, 0.4) is 0 Å². The standard InChI is InChI=1S/C37H47FN8O3/c1-4-34-31(35(42-29-11-17-49-18-12-29)32-23-41-46(5-2)36(32)43-34)22-40-37(48)39-21-26-9-10-33(38)30(20-26)28-8-6-7-27(19-28)24-44-13-15-45(16-14-44)25(3)47/h6-10,19-20,23,29H,4-5,11-18,21-22,24H2,1-3H3,(H,42,43)(H2,39,40,48). The Morgan fingerprint density at radius 2 is 1.76 bits per heavy atom. The van der Waals surface area contributed by atoms with Gasteiger partial charge in [-0.2, -0.15) is 5.10 Å². The maximum absolute atomic E-state index is 15.1. The molecule has 49 heavy (non-hydrogen) atoms. The van der Waals surface area contributed by atoms with Crippen molar-refractivity contribution in [3.63, 3.8) is 0 Å². The summed E-state index contributed by atoms with van der Waals surface area (Å²) in [6, 6.07) is 12.8. The summed E-state index contributed by atoms with van der Waals surface area (Å²) in [5.41, 5.74) is 6.84. The number of amides is 3. The lowest BCUT2D eigenvalue weighted by molar-refractivity contribution is -0.130. The van der Waals surface area contributed by atoms with E-state index in [-0.39, 0.29) is 30.3 Å². The third-order valence-electron chi connectivity index (χ3n) is 9.55. The first-order valence-electron chi connectivity index (χ1n) is 17.4. The summed E-state index contributed by atoms with van der Waals surface area (Å²) in [4.78, 5) is 33.9. The Morgan fingerprint density at radius 1 is 0.980 bits per heavy atom. The summed E-state index contributed by atoms with van der Waals surface area (Å²) in [7, 11) is 0. The number of halogens is 1. The quantitative estimate of drug-likeness (QED) is 0.204. The number of ether oxygens (including phenoxy) is 1. The summed E-state index contributed by atoms with van der Waals surface area (Å²) >= 11 is 0. The predicted molar refractivity (Wildman–Crippen MR) is 188 cm³/mol. The number of hydrogen-bond acceptors (Lipinski definition) is 7. The monoisotopic (exact) mass is 670 g/mol. The molecule has 0 spiro atoms. The van der Waals surface area contributed by atoms with E-state index in [0.717, 1.165) is 90.2 Å². The number of hydrogen-bond donors (Lipinski definition) is 3. The topological polar surface area (TPSA) is 117 Å². The van der Waals surface area contributed by atoms with Gasteiger partial charge in [-0.25, -0.2) is 18.9 Å². The molecule has 3 amide bonds. The Bertz CT molecular complexity index is 1780. The number of rotatable bonds is 11. The Balaban J connectivity index is 1.11. The van der Waals surface area contributed by atoms with Gasteiger partial charge < -0.3 is 25.6 Å². The number of aryl methyl sites for hydroxylation is 2. The molecule has 0 radical (unpaired) electrons. The van der Waals surface area contributed by atoms with Gasteiger partial charge in [0.2, 0.25) is 5.91 Å². The van der Waals surface area contributed by atoms with Gasteiger partial charge in [-0.05, 0) is 61.1 Å². The van der Waals surface area contributed by atoms with Crippen molar-refractivity contribution in [2.24, 2.45) is 0 Å². The number of carbonyl (C=O) groups excluding carboxylic acids is 2. The minimum absolute atomic E-state index is 0.109. The molecule has 2 aromatic carbocycles. The molecule has 0 atom stereocenters. The largest absolute Gasteiger partial charge is 0.381 e. The minimum Gasteiger partial charge on any atom is -0.381 e. The van der Waals surface area contributed by atoms with Crippen molar-refractivity contribution in [2.75, 3.05) is 44.7 Å². The molecule has 2 saturated heterocycles. The zero-order valence-corrected chi connectivity index (χ0v) is 28.7. The van der Waals surface area contributed by atoms with E-state index in [1.165, 1.54) is 6.07 Å². The fraction of sp³-hybridized carbons (Fsp3) is 0.459. The van der Waals surface area contributed by atoms with Crippen LogP contribution >= 0.6 is 0 Å². The van der Waals surface area contributed by atoms with E-state index in [4.69, 9.17) is 9.72 Å². The van der Waals surface area contributed by atoms with Crippen LogP contribution < -0.4 is 16.0 Å². The van der Waals surface area contributed by atoms with Crippen LogP contribution in [0.1, 0.15) is 56.0 Å². The summed E-state index contributed by atoms with van der Waals surface area (Å²) in [5.74, 6) is -0.205. The second kappa shape index (κ2) is 15.8. The molecule has 4 heterocycles. The summed E-state index contributed by atoms with van der Waals surface area (Å²) < 4.78 is 22.6. The van der Waals surface area contributed by atoms with Crippen LogP contribution in [-0.2, 0) is 42.1 Å². The number of nitrogens with one attached hydrogen (secondary N) is 3. The number of carbonyl (C=O) groups is 2. The zero-order valence-electron chi connectivity index (χ0n) is 28.7. The molecule has 3 N–H and O–H groups in total. The van der Waals surface area contributed by atoms with E-state index in [1.54, 1.807) is 19.1 Å². The first kappa shape index (κ1) is 34.3. The number of urea groups is 1. The smallest absolute Gasteiger partial charge is 0.315 e. The van der Waals surface area contributed by atoms with E-state index < -0.39 is 0 Å². The lowest BCUT2D eigenvalue weighted by atomic mass is 10.00. The molecule has 4 aromatic rings. The van der Waals surface area contributed by atoms with Gasteiger partial charge in [-0.3, -0.25) is 9.69 Å². The van der Waals surface area contributed by atoms with Gasteiger partial charge in [0.1, 0.15) is 5.82 Å². The van der Waals surface area contributed by atoms with Gasteiger partial charge in [-0.1, -0.05) is 31.2 Å². The van der Waals surface area contributed by atoms with Crippen LogP contribution in [0.25, 0.3) is 22.2 Å². The van der Waals surface area contributed by atoms with Crippen molar-refractivity contribution in [1.82, 2.24) is 35.2 Å². The highest BCUT2D eigenvalue weighted by Gasteiger charge is 2.22. The van der Waals surface area contributed by atoms with Crippen molar-refractivity contribution < 1.29 is 18.7 Å². The van der Waals surface area contributed by atoms with Crippen LogP contribution in [-0.4, -0.2) is 81.9 Å². The van der Waals surface area contributed by atoms with E-state index in [2.05, 4.69) is 32.9 Å². The van der Waals surface area contributed by atoms with Gasteiger partial charge >= 0.3 is 6.03 Å². The molecule has 2 fully saturated rings. The molecule has 260 valence electrons. The number of nitrogens with zero attached hydrogens (tertiary/aromatic N) is 5. The van der Waals surface area contributed by atoms with Crippen molar-refractivity contribution in [3.05, 3.63) is 76.9 Å².